The molecule has 2 amide bonds. The summed E-state index contributed by atoms with van der Waals surface area (Å²) in [5.41, 5.74) is 4.30. The summed E-state index contributed by atoms with van der Waals surface area (Å²) in [5, 5.41) is 18.6. The Morgan fingerprint density at radius 3 is 2.26 bits per heavy atom. The van der Waals surface area contributed by atoms with E-state index in [4.69, 9.17) is 4.74 Å². The number of fused-ring (bicyclic) bond motifs is 3. The first-order valence-corrected chi connectivity index (χ1v) is 11.5. The molecule has 0 saturated heterocycles. The molecule has 2 aromatic carbocycles. The Kier molecular flexibility index (Phi) is 6.86. The summed E-state index contributed by atoms with van der Waals surface area (Å²) >= 11 is 0. The van der Waals surface area contributed by atoms with Crippen molar-refractivity contribution in [3.05, 3.63) is 71.4 Å². The number of carbonyl (C=O) groups is 3. The van der Waals surface area contributed by atoms with Gasteiger partial charge in [-0.1, -0.05) is 68.8 Å². The summed E-state index contributed by atoms with van der Waals surface area (Å²) in [4.78, 5) is 37.2. The molecule has 0 radical (unpaired) electrons. The number of benzene rings is 2. The maximum Gasteiger partial charge on any atom is 0.407 e. The van der Waals surface area contributed by atoms with Crippen molar-refractivity contribution in [1.29, 1.82) is 0 Å². The summed E-state index contributed by atoms with van der Waals surface area (Å²) in [6.07, 6.45) is 1.19. The van der Waals surface area contributed by atoms with Crippen molar-refractivity contribution >= 4 is 23.8 Å². The van der Waals surface area contributed by atoms with E-state index in [1.807, 2.05) is 50.2 Å². The zero-order valence-electron chi connectivity index (χ0n) is 19.8. The lowest BCUT2D eigenvalue weighted by Crippen LogP contribution is -2.48. The third-order valence-corrected chi connectivity index (χ3v) is 6.41. The molecule has 0 bridgehead atoms. The fraction of sp³-hybridized carbons (Fsp3) is 0.308. The van der Waals surface area contributed by atoms with Crippen molar-refractivity contribution in [3.63, 3.8) is 0 Å². The Morgan fingerprint density at radius 2 is 1.69 bits per heavy atom. The Balaban J connectivity index is 1.45. The van der Waals surface area contributed by atoms with E-state index in [1.165, 1.54) is 10.9 Å². The smallest absolute Gasteiger partial charge is 0.407 e. The second-order valence-electron chi connectivity index (χ2n) is 8.69. The topological polar surface area (TPSA) is 123 Å². The van der Waals surface area contributed by atoms with E-state index >= 15 is 0 Å². The zero-order valence-corrected chi connectivity index (χ0v) is 19.8. The lowest BCUT2D eigenvalue weighted by atomic mass is 9.98. The first-order valence-electron chi connectivity index (χ1n) is 11.5. The van der Waals surface area contributed by atoms with Crippen LogP contribution in [0.15, 0.2) is 54.7 Å². The Labute approximate surface area is 203 Å². The number of amides is 2. The predicted octanol–water partition coefficient (Wildman–Crippen LogP) is 4.01. The number of nitrogens with one attached hydrogen (secondary N) is 2. The SMILES string of the molecule is CCC(C)[C@H](NC(=O)OCC1c2ccccc2-c2ccccc21)C(=O)Nc1nn(C)cc1C(=O)O. The van der Waals surface area contributed by atoms with Crippen LogP contribution in [0.5, 0.6) is 0 Å². The number of carboxylic acid groups (broad SMARTS) is 1. The molecule has 3 aromatic rings. The molecule has 1 aromatic heterocycles. The molecule has 1 heterocycles. The molecule has 0 spiro atoms. The molecule has 3 N–H and O–H groups in total. The summed E-state index contributed by atoms with van der Waals surface area (Å²) in [6.45, 7) is 3.84. The van der Waals surface area contributed by atoms with Crippen LogP contribution in [-0.2, 0) is 16.6 Å². The average molecular weight is 477 g/mol. The van der Waals surface area contributed by atoms with Gasteiger partial charge in [0.1, 0.15) is 18.2 Å². The number of hydrogen-bond donors (Lipinski definition) is 3. The summed E-state index contributed by atoms with van der Waals surface area (Å²) in [7, 11) is 1.56. The standard InChI is InChI=1S/C26H28N4O5/c1-4-15(2)22(24(31)28-23-20(25(32)33)13-30(3)29-23)27-26(34)35-14-21-18-11-7-5-9-16(18)17-10-6-8-12-19(17)21/h5-13,15,21-22H,4,14H2,1-3H3,(H,27,34)(H,32,33)(H,28,29,31)/t15?,22-/m0/s1. The maximum absolute atomic E-state index is 13.0. The summed E-state index contributed by atoms with van der Waals surface area (Å²) in [6, 6.07) is 15.1. The van der Waals surface area contributed by atoms with Gasteiger partial charge in [-0.3, -0.25) is 9.48 Å². The number of aryl methyl sites for hydroxylation is 1. The third-order valence-electron chi connectivity index (χ3n) is 6.41. The predicted molar refractivity (Wildman–Crippen MR) is 130 cm³/mol. The molecule has 1 unspecified atom stereocenters. The van der Waals surface area contributed by atoms with Crippen LogP contribution in [0.4, 0.5) is 10.6 Å². The molecule has 9 heteroatoms. The highest BCUT2D eigenvalue weighted by Gasteiger charge is 2.31. The second kappa shape index (κ2) is 10.0. The van der Waals surface area contributed by atoms with Crippen LogP contribution in [0.25, 0.3) is 11.1 Å². The lowest BCUT2D eigenvalue weighted by molar-refractivity contribution is -0.119. The van der Waals surface area contributed by atoms with Gasteiger partial charge in [-0.2, -0.15) is 5.10 Å². The fourth-order valence-corrected chi connectivity index (χ4v) is 4.40. The van der Waals surface area contributed by atoms with Crippen LogP contribution in [0.1, 0.15) is 47.7 Å². The number of hydrogen-bond acceptors (Lipinski definition) is 5. The van der Waals surface area contributed by atoms with Gasteiger partial charge in [-0.25, -0.2) is 9.59 Å². The summed E-state index contributed by atoms with van der Waals surface area (Å²) in [5.74, 6) is -2.18. The fourth-order valence-electron chi connectivity index (χ4n) is 4.40. The van der Waals surface area contributed by atoms with Crippen LogP contribution in [0.3, 0.4) is 0 Å². The molecular formula is C26H28N4O5. The van der Waals surface area contributed by atoms with Crippen LogP contribution in [0, 0.1) is 5.92 Å². The largest absolute Gasteiger partial charge is 0.477 e. The number of carboxylic acids is 1. The number of alkyl carbamates (subject to hydrolysis) is 1. The quantitative estimate of drug-likeness (QED) is 0.452. The van der Waals surface area contributed by atoms with Crippen LogP contribution >= 0.6 is 0 Å². The van der Waals surface area contributed by atoms with Gasteiger partial charge >= 0.3 is 12.1 Å². The van der Waals surface area contributed by atoms with Gasteiger partial charge in [0.2, 0.25) is 5.91 Å². The van der Waals surface area contributed by atoms with E-state index in [2.05, 4.69) is 27.9 Å². The number of nitrogens with zero attached hydrogens (tertiary/aromatic N) is 2. The van der Waals surface area contributed by atoms with Crippen LogP contribution < -0.4 is 10.6 Å². The minimum absolute atomic E-state index is 0.0763. The van der Waals surface area contributed by atoms with Gasteiger partial charge in [0.15, 0.2) is 5.82 Å². The van der Waals surface area contributed by atoms with Gasteiger partial charge in [0.25, 0.3) is 0 Å². The Morgan fingerprint density at radius 1 is 1.09 bits per heavy atom. The Hall–Kier alpha value is -4.14. The molecule has 1 aliphatic rings. The highest BCUT2D eigenvalue weighted by Crippen LogP contribution is 2.44. The van der Waals surface area contributed by atoms with Gasteiger partial charge in [-0.05, 0) is 28.2 Å². The van der Waals surface area contributed by atoms with E-state index in [0.717, 1.165) is 22.3 Å². The first kappa shape index (κ1) is 24.0. The van der Waals surface area contributed by atoms with E-state index in [1.54, 1.807) is 7.05 Å². The molecule has 0 fully saturated rings. The van der Waals surface area contributed by atoms with E-state index in [9.17, 15) is 19.5 Å². The molecule has 2 atom stereocenters. The second-order valence-corrected chi connectivity index (χ2v) is 8.69. The van der Waals surface area contributed by atoms with Crippen molar-refractivity contribution < 1.29 is 24.2 Å². The molecule has 0 saturated carbocycles. The number of anilines is 1. The normalized spacial score (nSPS) is 13.9. The van der Waals surface area contributed by atoms with Crippen molar-refractivity contribution in [1.82, 2.24) is 15.1 Å². The lowest BCUT2D eigenvalue weighted by Gasteiger charge is -2.23. The first-order chi connectivity index (χ1) is 16.8. The highest BCUT2D eigenvalue weighted by molar-refractivity contribution is 6.01. The average Bonchev–Trinajstić information content (AvgIpc) is 3.38. The number of aromatic carboxylic acids is 1. The van der Waals surface area contributed by atoms with Crippen molar-refractivity contribution in [2.75, 3.05) is 11.9 Å². The van der Waals surface area contributed by atoms with Crippen LogP contribution in [0.2, 0.25) is 0 Å². The molecule has 9 nitrogen and oxygen atoms in total. The molecule has 35 heavy (non-hydrogen) atoms. The van der Waals surface area contributed by atoms with E-state index in [0.29, 0.717) is 6.42 Å². The summed E-state index contributed by atoms with van der Waals surface area (Å²) < 4.78 is 6.89. The van der Waals surface area contributed by atoms with Crippen molar-refractivity contribution in [2.24, 2.45) is 13.0 Å². The minimum Gasteiger partial charge on any atom is -0.477 e. The molecule has 0 aliphatic heterocycles. The molecule has 182 valence electrons. The Bertz CT molecular complexity index is 1220. The van der Waals surface area contributed by atoms with Crippen LogP contribution in [-0.4, -0.2) is 45.5 Å². The molecule has 1 aliphatic carbocycles. The van der Waals surface area contributed by atoms with Gasteiger partial charge in [0.05, 0.1) is 0 Å². The van der Waals surface area contributed by atoms with Gasteiger partial charge < -0.3 is 20.5 Å². The number of rotatable bonds is 8. The number of ether oxygens (including phenoxy) is 1. The van der Waals surface area contributed by atoms with Crippen molar-refractivity contribution in [3.8, 4) is 11.1 Å². The highest BCUT2D eigenvalue weighted by atomic mass is 16.5. The van der Waals surface area contributed by atoms with Gasteiger partial charge in [-0.15, -0.1) is 0 Å². The van der Waals surface area contributed by atoms with Crippen molar-refractivity contribution in [2.45, 2.75) is 32.2 Å². The number of carbonyl (C=O) groups excluding carboxylic acids is 2. The van der Waals surface area contributed by atoms with E-state index in [-0.39, 0.29) is 29.8 Å². The number of aromatic nitrogens is 2. The van der Waals surface area contributed by atoms with E-state index < -0.39 is 24.0 Å². The monoisotopic (exact) mass is 476 g/mol. The third kappa shape index (κ3) is 4.89. The van der Waals surface area contributed by atoms with Gasteiger partial charge in [0, 0.05) is 19.2 Å². The molecular weight excluding hydrogens is 448 g/mol. The minimum atomic E-state index is -1.21. The maximum atomic E-state index is 13.0. The molecule has 4 rings (SSSR count). The zero-order chi connectivity index (χ0) is 25.1.